The van der Waals surface area contributed by atoms with Gasteiger partial charge in [0.2, 0.25) is 0 Å². The minimum Gasteiger partial charge on any atom is -0.480 e. The third-order valence-electron chi connectivity index (χ3n) is 4.99. The van der Waals surface area contributed by atoms with Crippen molar-refractivity contribution in [1.29, 1.82) is 0 Å². The maximum absolute atomic E-state index is 6.21. The second kappa shape index (κ2) is 7.24. The van der Waals surface area contributed by atoms with E-state index in [-0.39, 0.29) is 0 Å². The van der Waals surface area contributed by atoms with Crippen molar-refractivity contribution in [1.82, 2.24) is 39.7 Å². The summed E-state index contributed by atoms with van der Waals surface area (Å²) in [6, 6.07) is 1.99. The van der Waals surface area contributed by atoms with E-state index in [4.69, 9.17) is 10.5 Å². The summed E-state index contributed by atoms with van der Waals surface area (Å²) < 4.78 is 7.90. The highest BCUT2D eigenvalue weighted by Crippen LogP contribution is 2.35. The Hall–Kier alpha value is -4.21. The first kappa shape index (κ1) is 18.8. The number of anilines is 1. The molecule has 0 spiro atoms. The quantitative estimate of drug-likeness (QED) is 0.472. The number of fused-ring (bicyclic) bond motifs is 2. The molecule has 0 bridgehead atoms. The Morgan fingerprint density at radius 3 is 2.74 bits per heavy atom. The van der Waals surface area contributed by atoms with Gasteiger partial charge in [0.1, 0.15) is 28.7 Å². The van der Waals surface area contributed by atoms with E-state index in [2.05, 4.69) is 35.0 Å². The van der Waals surface area contributed by atoms with Crippen LogP contribution in [0.4, 0.5) is 5.82 Å². The van der Waals surface area contributed by atoms with Crippen molar-refractivity contribution >= 4 is 27.8 Å². The molecule has 5 rings (SSSR count). The minimum atomic E-state index is -0.458. The number of pyridine rings is 2. The van der Waals surface area contributed by atoms with Crippen molar-refractivity contribution in [2.45, 2.75) is 20.0 Å². The highest BCUT2D eigenvalue weighted by molar-refractivity contribution is 6.00. The number of aryl methyl sites for hydroxylation is 2. The van der Waals surface area contributed by atoms with E-state index < -0.39 is 6.10 Å². The molecular weight excluding hydrogens is 394 g/mol. The molecule has 10 nitrogen and oxygen atoms in total. The number of hydrogen-bond donors (Lipinski definition) is 1. The zero-order chi connectivity index (χ0) is 21.5. The molecule has 1 atom stereocenters. The summed E-state index contributed by atoms with van der Waals surface area (Å²) in [5, 5.41) is 4.79. The molecular formula is C21H19N9O. The number of rotatable bonds is 4. The molecule has 5 aromatic rings. The van der Waals surface area contributed by atoms with Gasteiger partial charge in [0.05, 0.1) is 29.7 Å². The monoisotopic (exact) mass is 413 g/mol. The van der Waals surface area contributed by atoms with E-state index in [1.807, 2.05) is 27.0 Å². The molecule has 5 aromatic heterocycles. The molecule has 5 heterocycles. The summed E-state index contributed by atoms with van der Waals surface area (Å²) in [5.74, 6) is 1.29. The van der Waals surface area contributed by atoms with Crippen LogP contribution in [0.5, 0.6) is 5.75 Å². The number of nitrogens with zero attached hydrogens (tertiary/aromatic N) is 8. The van der Waals surface area contributed by atoms with Gasteiger partial charge in [-0.25, -0.2) is 24.9 Å². The Labute approximate surface area is 177 Å². The van der Waals surface area contributed by atoms with Crippen LogP contribution in [-0.2, 0) is 7.05 Å². The third kappa shape index (κ3) is 3.27. The number of nitrogen functional groups attached to an aromatic ring is 1. The van der Waals surface area contributed by atoms with Crippen molar-refractivity contribution in [3.8, 4) is 17.0 Å². The van der Waals surface area contributed by atoms with Gasteiger partial charge in [0, 0.05) is 25.0 Å². The van der Waals surface area contributed by atoms with Gasteiger partial charge < -0.3 is 10.5 Å². The van der Waals surface area contributed by atoms with Gasteiger partial charge in [-0.3, -0.25) is 9.67 Å². The van der Waals surface area contributed by atoms with Gasteiger partial charge in [-0.1, -0.05) is 0 Å². The average Bonchev–Trinajstić information content (AvgIpc) is 3.14. The molecule has 0 aliphatic carbocycles. The normalized spacial score (nSPS) is 12.4. The Balaban J connectivity index is 1.57. The Kier molecular flexibility index (Phi) is 4.39. The van der Waals surface area contributed by atoms with Crippen LogP contribution in [0.15, 0.2) is 43.4 Å². The first-order chi connectivity index (χ1) is 15.0. The Bertz CT molecular complexity index is 1430. The maximum Gasteiger partial charge on any atom is 0.169 e. The smallest absolute Gasteiger partial charge is 0.169 e. The van der Waals surface area contributed by atoms with Gasteiger partial charge in [-0.2, -0.15) is 5.10 Å². The lowest BCUT2D eigenvalue weighted by Crippen LogP contribution is -2.09. The van der Waals surface area contributed by atoms with Crippen LogP contribution in [0.2, 0.25) is 0 Å². The highest BCUT2D eigenvalue weighted by Gasteiger charge is 2.19. The van der Waals surface area contributed by atoms with E-state index in [1.165, 1.54) is 6.33 Å². The van der Waals surface area contributed by atoms with Crippen molar-refractivity contribution in [3.05, 3.63) is 54.8 Å². The van der Waals surface area contributed by atoms with E-state index >= 15 is 0 Å². The lowest BCUT2D eigenvalue weighted by atomic mass is 10.1. The summed E-state index contributed by atoms with van der Waals surface area (Å²) in [4.78, 5) is 26.4. The van der Waals surface area contributed by atoms with Crippen LogP contribution in [0.3, 0.4) is 0 Å². The van der Waals surface area contributed by atoms with E-state index in [0.717, 1.165) is 22.2 Å². The van der Waals surface area contributed by atoms with Crippen LogP contribution in [-0.4, -0.2) is 39.7 Å². The third-order valence-corrected chi connectivity index (χ3v) is 4.99. The molecule has 0 aliphatic rings. The van der Waals surface area contributed by atoms with Crippen LogP contribution >= 0.6 is 0 Å². The minimum absolute atomic E-state index is 0.306. The summed E-state index contributed by atoms with van der Waals surface area (Å²) in [5.41, 5.74) is 10.9. The lowest BCUT2D eigenvalue weighted by Gasteiger charge is -2.16. The van der Waals surface area contributed by atoms with Gasteiger partial charge in [0.25, 0.3) is 0 Å². The predicted molar refractivity (Wildman–Crippen MR) is 115 cm³/mol. The van der Waals surface area contributed by atoms with Gasteiger partial charge in [-0.05, 0) is 25.5 Å². The molecule has 10 heteroatoms. The molecule has 0 aromatic carbocycles. The number of aromatic nitrogens is 8. The zero-order valence-corrected chi connectivity index (χ0v) is 17.2. The summed E-state index contributed by atoms with van der Waals surface area (Å²) in [7, 11) is 1.84. The number of hydrogen-bond acceptors (Lipinski definition) is 9. The fourth-order valence-corrected chi connectivity index (χ4v) is 3.45. The van der Waals surface area contributed by atoms with E-state index in [1.54, 1.807) is 35.7 Å². The van der Waals surface area contributed by atoms with Crippen LogP contribution in [0.1, 0.15) is 24.4 Å². The molecule has 0 radical (unpaired) electrons. The second-order valence-electron chi connectivity index (χ2n) is 7.23. The van der Waals surface area contributed by atoms with Crippen molar-refractivity contribution in [2.24, 2.45) is 7.05 Å². The molecule has 2 N–H and O–H groups in total. The first-order valence-corrected chi connectivity index (χ1v) is 9.64. The molecule has 0 saturated carbocycles. The largest absolute Gasteiger partial charge is 0.480 e. The van der Waals surface area contributed by atoms with Gasteiger partial charge in [0.15, 0.2) is 17.7 Å². The predicted octanol–water partition coefficient (Wildman–Crippen LogP) is 2.79. The molecule has 0 fully saturated rings. The highest BCUT2D eigenvalue weighted by atomic mass is 16.5. The molecule has 0 saturated heterocycles. The van der Waals surface area contributed by atoms with Gasteiger partial charge in [-0.15, -0.1) is 0 Å². The number of nitrogens with two attached hydrogens (primary N) is 1. The fourth-order valence-electron chi connectivity index (χ4n) is 3.45. The Morgan fingerprint density at radius 1 is 1.03 bits per heavy atom. The standard InChI is InChI=1S/C21H19N9O/c1-11-4-13(6-23-5-11)18-19-17(20(22)27-10-26-19)16(9-24-18)31-12(2)21-25-8-15-14(29-21)7-28-30(15)3/h4-10,12H,1-3H3,(H2,22,26,27)/t12-/m0/s1. The van der Waals surface area contributed by atoms with Crippen molar-refractivity contribution in [3.63, 3.8) is 0 Å². The molecule has 31 heavy (non-hydrogen) atoms. The van der Waals surface area contributed by atoms with Crippen LogP contribution < -0.4 is 10.5 Å². The maximum atomic E-state index is 6.21. The zero-order valence-electron chi connectivity index (χ0n) is 17.2. The molecule has 0 aliphatic heterocycles. The average molecular weight is 413 g/mol. The van der Waals surface area contributed by atoms with Crippen molar-refractivity contribution in [2.75, 3.05) is 5.73 Å². The fraction of sp³-hybridized carbons (Fsp3) is 0.190. The van der Waals surface area contributed by atoms with Crippen LogP contribution in [0, 0.1) is 6.92 Å². The van der Waals surface area contributed by atoms with E-state index in [0.29, 0.717) is 34.0 Å². The van der Waals surface area contributed by atoms with Crippen LogP contribution in [0.25, 0.3) is 33.2 Å². The Morgan fingerprint density at radius 2 is 1.90 bits per heavy atom. The topological polar surface area (TPSA) is 130 Å². The van der Waals surface area contributed by atoms with Gasteiger partial charge >= 0.3 is 0 Å². The molecule has 0 amide bonds. The van der Waals surface area contributed by atoms with Crippen molar-refractivity contribution < 1.29 is 4.74 Å². The second-order valence-corrected chi connectivity index (χ2v) is 7.23. The summed E-state index contributed by atoms with van der Waals surface area (Å²) in [6.45, 7) is 3.84. The molecule has 154 valence electrons. The molecule has 0 unspecified atom stereocenters. The lowest BCUT2D eigenvalue weighted by molar-refractivity contribution is 0.219. The number of ether oxygens (including phenoxy) is 1. The first-order valence-electron chi connectivity index (χ1n) is 9.64. The summed E-state index contributed by atoms with van der Waals surface area (Å²) >= 11 is 0. The SMILES string of the molecule is Cc1cncc(-c2ncc(O[C@@H](C)c3ncc4c(cnn4C)n3)c3c(N)ncnc23)c1. The van der Waals surface area contributed by atoms with E-state index in [9.17, 15) is 0 Å². The summed E-state index contributed by atoms with van der Waals surface area (Å²) in [6.07, 6.45) is 9.53.